The molecular weight excluding hydrogens is 431 g/mol. The van der Waals surface area contributed by atoms with Crippen LogP contribution in [0.1, 0.15) is 31.0 Å². The third kappa shape index (κ3) is 3.14. The molecule has 0 radical (unpaired) electrons. The van der Waals surface area contributed by atoms with Gasteiger partial charge in [0.25, 0.3) is 0 Å². The van der Waals surface area contributed by atoms with Gasteiger partial charge in [-0.25, -0.2) is 0 Å². The maximum Gasteiger partial charge on any atom is 0.317 e. The van der Waals surface area contributed by atoms with Crippen LogP contribution in [-0.2, 0) is 9.53 Å². The molecule has 0 aromatic heterocycles. The molecule has 152 valence electrons. The number of benzene rings is 2. The van der Waals surface area contributed by atoms with Crippen molar-refractivity contribution in [2.75, 3.05) is 11.5 Å². The third-order valence-electron chi connectivity index (χ3n) is 5.41. The minimum absolute atomic E-state index is 0.260. The first kappa shape index (κ1) is 20.3. The van der Waals surface area contributed by atoms with Crippen molar-refractivity contribution in [1.82, 2.24) is 5.32 Å². The number of fused-ring (bicyclic) bond motifs is 4. The molecule has 2 aromatic rings. The fraction of sp³-hybridized carbons (Fsp3) is 0.333. The van der Waals surface area contributed by atoms with Crippen molar-refractivity contribution < 1.29 is 14.3 Å². The quantitative estimate of drug-likeness (QED) is 0.522. The van der Waals surface area contributed by atoms with E-state index in [4.69, 9.17) is 44.9 Å². The molecule has 0 amide bonds. The summed E-state index contributed by atoms with van der Waals surface area (Å²) in [5.41, 5.74) is 1.38. The van der Waals surface area contributed by atoms with E-state index in [0.29, 0.717) is 26.5 Å². The highest BCUT2D eigenvalue weighted by Gasteiger charge is 2.60. The number of carbonyl (C=O) groups excluding carboxylic acids is 1. The Morgan fingerprint density at radius 3 is 2.76 bits per heavy atom. The van der Waals surface area contributed by atoms with Gasteiger partial charge in [-0.1, -0.05) is 41.4 Å². The number of aryl methyl sites for hydroxylation is 1. The van der Waals surface area contributed by atoms with Gasteiger partial charge in [-0.2, -0.15) is 0 Å². The molecule has 1 N–H and O–H groups in total. The molecule has 0 saturated carbocycles. The number of hydrogen-bond donors (Lipinski definition) is 1. The molecule has 0 spiro atoms. The van der Waals surface area contributed by atoms with Crippen molar-refractivity contribution in [3.8, 4) is 5.75 Å². The second-order valence-corrected chi connectivity index (χ2v) is 8.47. The zero-order valence-electron chi connectivity index (χ0n) is 16.2. The standard InChI is InChI=1S/C21H20Cl2N2O3S/c1-4-27-19(26)16-17-13-9-12(22)10-14(23)18(13)28-21(16,3)25(20(29)24-17)15-8-6-5-7-11(15)2/h5-10,16-17H,4H2,1-3H3,(H,24,29). The van der Waals surface area contributed by atoms with Gasteiger partial charge in [0.2, 0.25) is 5.72 Å². The minimum atomic E-state index is -1.14. The highest BCUT2D eigenvalue weighted by atomic mass is 35.5. The molecule has 2 aromatic carbocycles. The van der Waals surface area contributed by atoms with Crippen molar-refractivity contribution in [2.45, 2.75) is 32.5 Å². The van der Waals surface area contributed by atoms with E-state index in [0.717, 1.165) is 11.3 Å². The fourth-order valence-electron chi connectivity index (χ4n) is 4.17. The van der Waals surface area contributed by atoms with Crippen LogP contribution in [0, 0.1) is 12.8 Å². The molecule has 2 bridgehead atoms. The summed E-state index contributed by atoms with van der Waals surface area (Å²) in [5, 5.41) is 4.60. The zero-order valence-corrected chi connectivity index (χ0v) is 18.5. The summed E-state index contributed by atoms with van der Waals surface area (Å²) in [6, 6.07) is 10.7. The Morgan fingerprint density at radius 1 is 1.34 bits per heavy atom. The molecule has 2 aliphatic rings. The highest BCUT2D eigenvalue weighted by molar-refractivity contribution is 7.80. The van der Waals surface area contributed by atoms with Gasteiger partial charge >= 0.3 is 5.97 Å². The van der Waals surface area contributed by atoms with Crippen LogP contribution in [0.4, 0.5) is 5.69 Å². The SMILES string of the molecule is CCOC(=O)C1C2NC(=S)N(c3ccccc3C)C1(C)Oc1c(Cl)cc(Cl)cc12. The third-order valence-corrected chi connectivity index (χ3v) is 6.21. The van der Waals surface area contributed by atoms with Crippen molar-refractivity contribution in [2.24, 2.45) is 5.92 Å². The molecule has 1 fully saturated rings. The second-order valence-electron chi connectivity index (χ2n) is 7.24. The predicted octanol–water partition coefficient (Wildman–Crippen LogP) is 5.03. The molecule has 1 saturated heterocycles. The Bertz CT molecular complexity index is 1020. The molecule has 29 heavy (non-hydrogen) atoms. The van der Waals surface area contributed by atoms with Crippen molar-refractivity contribution in [3.63, 3.8) is 0 Å². The van der Waals surface area contributed by atoms with E-state index >= 15 is 0 Å². The number of ether oxygens (including phenoxy) is 2. The van der Waals surface area contributed by atoms with E-state index in [1.807, 2.05) is 43.0 Å². The monoisotopic (exact) mass is 450 g/mol. The normalized spacial score (nSPS) is 25.0. The molecule has 2 aliphatic heterocycles. The lowest BCUT2D eigenvalue weighted by Crippen LogP contribution is -2.72. The number of hydrogen-bond acceptors (Lipinski definition) is 4. The van der Waals surface area contributed by atoms with Gasteiger partial charge in [-0.3, -0.25) is 9.69 Å². The molecule has 4 rings (SSSR count). The van der Waals surface area contributed by atoms with Gasteiger partial charge in [-0.15, -0.1) is 0 Å². The van der Waals surface area contributed by atoms with Crippen molar-refractivity contribution >= 4 is 52.2 Å². The van der Waals surface area contributed by atoms with Gasteiger partial charge in [0.05, 0.1) is 17.7 Å². The van der Waals surface area contributed by atoms with Gasteiger partial charge in [0, 0.05) is 16.3 Å². The number of esters is 1. The lowest BCUT2D eigenvalue weighted by atomic mass is 9.79. The molecule has 8 heteroatoms. The van der Waals surface area contributed by atoms with Crippen LogP contribution in [0.15, 0.2) is 36.4 Å². The largest absolute Gasteiger partial charge is 0.466 e. The Labute approximate surface area is 184 Å². The van der Waals surface area contributed by atoms with Gasteiger partial charge in [0.15, 0.2) is 5.11 Å². The summed E-state index contributed by atoms with van der Waals surface area (Å²) in [6.07, 6.45) is 0. The number of halogens is 2. The van der Waals surface area contributed by atoms with Crippen molar-refractivity contribution in [3.05, 3.63) is 57.6 Å². The van der Waals surface area contributed by atoms with E-state index in [-0.39, 0.29) is 12.6 Å². The first-order valence-corrected chi connectivity index (χ1v) is 10.4. The number of nitrogens with zero attached hydrogens (tertiary/aromatic N) is 1. The van der Waals surface area contributed by atoms with E-state index < -0.39 is 17.7 Å². The Balaban J connectivity index is 1.95. The second kappa shape index (κ2) is 7.35. The lowest BCUT2D eigenvalue weighted by molar-refractivity contribution is -0.159. The highest BCUT2D eigenvalue weighted by Crippen LogP contribution is 2.52. The average Bonchev–Trinajstić information content (AvgIpc) is 2.64. The molecular formula is C21H20Cl2N2O3S. The topological polar surface area (TPSA) is 50.8 Å². The maximum absolute atomic E-state index is 13.1. The Morgan fingerprint density at radius 2 is 2.07 bits per heavy atom. The summed E-state index contributed by atoms with van der Waals surface area (Å²) in [7, 11) is 0. The van der Waals surface area contributed by atoms with Crippen LogP contribution in [0.3, 0.4) is 0 Å². The molecule has 2 heterocycles. The van der Waals surface area contributed by atoms with Crippen LogP contribution in [-0.4, -0.2) is 23.4 Å². The smallest absolute Gasteiger partial charge is 0.317 e. The van der Waals surface area contributed by atoms with Gasteiger partial charge in [-0.05, 0) is 56.8 Å². The number of para-hydroxylation sites is 1. The van der Waals surface area contributed by atoms with Crippen LogP contribution in [0.2, 0.25) is 10.0 Å². The van der Waals surface area contributed by atoms with Crippen molar-refractivity contribution in [1.29, 1.82) is 0 Å². The van der Waals surface area contributed by atoms with Crippen LogP contribution >= 0.6 is 35.4 Å². The Hall–Kier alpha value is -2.02. The first-order valence-electron chi connectivity index (χ1n) is 9.29. The van der Waals surface area contributed by atoms with Crippen LogP contribution in [0.5, 0.6) is 5.75 Å². The maximum atomic E-state index is 13.1. The molecule has 0 aliphatic carbocycles. The number of rotatable bonds is 3. The van der Waals surface area contributed by atoms with E-state index in [1.54, 1.807) is 19.1 Å². The first-order chi connectivity index (χ1) is 13.8. The summed E-state index contributed by atoms with van der Waals surface area (Å²) >= 11 is 18.4. The average molecular weight is 451 g/mol. The molecule has 3 unspecified atom stereocenters. The molecule has 3 atom stereocenters. The van der Waals surface area contributed by atoms with Gasteiger partial charge in [0.1, 0.15) is 11.7 Å². The summed E-state index contributed by atoms with van der Waals surface area (Å²) in [5.74, 6) is -0.594. The number of nitrogens with one attached hydrogen (secondary N) is 1. The van der Waals surface area contributed by atoms with E-state index in [9.17, 15) is 4.79 Å². The van der Waals surface area contributed by atoms with Crippen LogP contribution in [0.25, 0.3) is 0 Å². The number of anilines is 1. The van der Waals surface area contributed by atoms with E-state index in [1.165, 1.54) is 0 Å². The summed E-state index contributed by atoms with van der Waals surface area (Å²) in [6.45, 7) is 5.86. The summed E-state index contributed by atoms with van der Waals surface area (Å²) < 4.78 is 11.9. The Kier molecular flexibility index (Phi) is 5.13. The van der Waals surface area contributed by atoms with E-state index in [2.05, 4.69) is 5.32 Å². The summed E-state index contributed by atoms with van der Waals surface area (Å²) in [4.78, 5) is 14.9. The molecule has 5 nitrogen and oxygen atoms in total. The zero-order chi connectivity index (χ0) is 20.9. The van der Waals surface area contributed by atoms with Crippen LogP contribution < -0.4 is 15.0 Å². The van der Waals surface area contributed by atoms with Gasteiger partial charge < -0.3 is 14.8 Å². The fourth-order valence-corrected chi connectivity index (χ4v) is 5.13. The lowest BCUT2D eigenvalue weighted by Gasteiger charge is -2.55. The predicted molar refractivity (Wildman–Crippen MR) is 118 cm³/mol. The minimum Gasteiger partial charge on any atom is -0.466 e. The number of carbonyl (C=O) groups is 1. The number of thiocarbonyl (C=S) groups is 1.